The molecule has 4 rings (SSSR count). The summed E-state index contributed by atoms with van der Waals surface area (Å²) in [5.41, 5.74) is 0. The summed E-state index contributed by atoms with van der Waals surface area (Å²) < 4.78 is 79.4. The molecule has 0 radical (unpaired) electrons. The van der Waals surface area contributed by atoms with Crippen molar-refractivity contribution in [2.24, 2.45) is 0 Å². The van der Waals surface area contributed by atoms with Crippen LogP contribution in [0.1, 0.15) is 19.3 Å². The van der Waals surface area contributed by atoms with E-state index >= 15 is 0 Å². The molecule has 0 saturated carbocycles. The molecule has 0 amide bonds. The predicted molar refractivity (Wildman–Crippen MR) is 81.5 cm³/mol. The van der Waals surface area contributed by atoms with Crippen LogP contribution >= 0.6 is 0 Å². The van der Waals surface area contributed by atoms with Crippen LogP contribution in [0, 0.1) is 0 Å². The zero-order valence-electron chi connectivity index (χ0n) is 19.3. The fourth-order valence-corrected chi connectivity index (χ4v) is 2.26. The Hall–Kier alpha value is -2.61. The molecule has 20 heavy (non-hydrogen) atoms. The number of carbonyl (C=O) groups is 1. The quantitative estimate of drug-likeness (QED) is 0.289. The first-order valence-electron chi connectivity index (χ1n) is 10.4. The van der Waals surface area contributed by atoms with Crippen LogP contribution in [0.3, 0.4) is 0 Å². The maximum atomic E-state index is 11.6. The normalized spacial score (nSPS) is 17.8. The van der Waals surface area contributed by atoms with E-state index in [4.69, 9.17) is 17.1 Å². The smallest absolute Gasteiger partial charge is 0.308 e. The van der Waals surface area contributed by atoms with Gasteiger partial charge in [-0.15, -0.1) is 0 Å². The summed E-state index contributed by atoms with van der Waals surface area (Å²) in [7, 11) is 0. The van der Waals surface area contributed by atoms with Gasteiger partial charge in [-0.3, -0.25) is 4.79 Å². The van der Waals surface area contributed by atoms with Gasteiger partial charge in [-0.25, -0.2) is 0 Å². The van der Waals surface area contributed by atoms with E-state index in [1.165, 1.54) is 0 Å². The molecule has 0 saturated heterocycles. The number of ether oxygens (including phenoxy) is 1. The fraction of sp³-hybridized carbons (Fsp3) is 0.0556. The van der Waals surface area contributed by atoms with Crippen LogP contribution in [0.4, 0.5) is 0 Å². The lowest BCUT2D eigenvalue weighted by Gasteiger charge is -2.13. The highest BCUT2D eigenvalue weighted by atomic mass is 16.5. The molecule has 2 nitrogen and oxygen atoms in total. The number of hydrogen-bond acceptors (Lipinski definition) is 2. The average molecular weight is 269 g/mol. The van der Waals surface area contributed by atoms with Gasteiger partial charge in [0.1, 0.15) is 5.75 Å². The minimum atomic E-state index is -0.804. The number of hydrogen-bond donors (Lipinski definition) is 0. The zero-order valence-corrected chi connectivity index (χ0v) is 10.3. The van der Waals surface area contributed by atoms with Gasteiger partial charge >= 0.3 is 5.97 Å². The highest BCUT2D eigenvalue weighted by Gasteiger charge is 2.11. The summed E-state index contributed by atoms with van der Waals surface area (Å²) in [6.45, 7) is 1.08. The molecule has 0 spiro atoms. The van der Waals surface area contributed by atoms with Crippen molar-refractivity contribution in [2.45, 2.75) is 6.92 Å². The van der Waals surface area contributed by atoms with E-state index in [9.17, 15) is 4.79 Å². The summed E-state index contributed by atoms with van der Waals surface area (Å²) >= 11 is 0. The summed E-state index contributed by atoms with van der Waals surface area (Å²) in [6.07, 6.45) is 0. The van der Waals surface area contributed by atoms with Crippen molar-refractivity contribution >= 4 is 38.3 Å². The Balaban J connectivity index is 2.54. The van der Waals surface area contributed by atoms with E-state index < -0.39 is 66.1 Å². The third kappa shape index (κ3) is 1.48. The second-order valence-electron chi connectivity index (χ2n) is 4.30. The lowest BCUT2D eigenvalue weighted by Crippen LogP contribution is -2.01. The number of rotatable bonds is 1. The third-order valence-corrected chi connectivity index (χ3v) is 3.02. The largest absolute Gasteiger partial charge is 0.426 e. The van der Waals surface area contributed by atoms with Crippen LogP contribution < -0.4 is 4.74 Å². The molecule has 0 atom stereocenters. The van der Waals surface area contributed by atoms with Crippen molar-refractivity contribution in [3.63, 3.8) is 0 Å². The van der Waals surface area contributed by atoms with Gasteiger partial charge in [0.05, 0.1) is 12.3 Å². The molecule has 0 fully saturated rings. The fourth-order valence-electron chi connectivity index (χ4n) is 2.26. The van der Waals surface area contributed by atoms with Crippen molar-refractivity contribution in [1.82, 2.24) is 0 Å². The molecule has 0 heterocycles. The second kappa shape index (κ2) is 3.94. The first kappa shape index (κ1) is 5.41. The van der Waals surface area contributed by atoms with E-state index in [0.717, 1.165) is 6.92 Å². The summed E-state index contributed by atoms with van der Waals surface area (Å²) in [5, 5.41) is -0.593. The zero-order chi connectivity index (χ0) is 21.5. The minimum Gasteiger partial charge on any atom is -0.426 e. The molecule has 0 unspecified atom stereocenters. The van der Waals surface area contributed by atoms with E-state index in [1.807, 2.05) is 0 Å². The summed E-state index contributed by atoms with van der Waals surface area (Å²) in [6, 6.07) is -4.46. The first-order chi connectivity index (χ1) is 13.5. The predicted octanol–water partition coefficient (Wildman–Crippen LogP) is 4.51. The molecular formula is C18H12O2. The molecule has 0 N–H and O–H groups in total. The van der Waals surface area contributed by atoms with Crippen LogP contribution in [0.5, 0.6) is 5.75 Å². The Morgan fingerprint density at radius 3 is 2.20 bits per heavy atom. The second-order valence-corrected chi connectivity index (χ2v) is 4.30. The minimum absolute atomic E-state index is 0.0104. The van der Waals surface area contributed by atoms with E-state index in [0.29, 0.717) is 0 Å². The maximum Gasteiger partial charge on any atom is 0.308 e. The Morgan fingerprint density at radius 1 is 0.900 bits per heavy atom. The summed E-state index contributed by atoms with van der Waals surface area (Å²) in [4.78, 5) is 11.6. The SMILES string of the molecule is [2H]c1c([2H])c2c([2H])c([2H])c3c([2H])c([2H])c(OC(C)=O)c4c([2H])c([2H])c(c1[2H])c2c34. The Bertz CT molecular complexity index is 1370. The van der Waals surface area contributed by atoms with Gasteiger partial charge in [0.25, 0.3) is 0 Å². The van der Waals surface area contributed by atoms with Crippen LogP contribution in [0.2, 0.25) is 0 Å². The average Bonchev–Trinajstić information content (AvgIpc) is 2.65. The van der Waals surface area contributed by atoms with E-state index in [1.54, 1.807) is 0 Å². The van der Waals surface area contributed by atoms with Gasteiger partial charge in [-0.2, -0.15) is 0 Å². The molecule has 0 aliphatic rings. The molecule has 0 aliphatic carbocycles. The Morgan fingerprint density at radius 2 is 1.50 bits per heavy atom. The van der Waals surface area contributed by atoms with Gasteiger partial charge in [0.2, 0.25) is 0 Å². The first-order valence-corrected chi connectivity index (χ1v) is 5.86. The monoisotopic (exact) mass is 269 g/mol. The highest BCUT2D eigenvalue weighted by Crippen LogP contribution is 2.38. The van der Waals surface area contributed by atoms with E-state index in [2.05, 4.69) is 0 Å². The van der Waals surface area contributed by atoms with Gasteiger partial charge < -0.3 is 4.74 Å². The molecule has 2 heteroatoms. The number of esters is 1. The Kier molecular flexibility index (Phi) is 1.07. The van der Waals surface area contributed by atoms with Gasteiger partial charge in [-0.05, 0) is 33.6 Å². The molecule has 0 aliphatic heterocycles. The lowest BCUT2D eigenvalue weighted by molar-refractivity contribution is -0.131. The molecule has 96 valence electrons. The summed E-state index contributed by atoms with van der Waals surface area (Å²) in [5.74, 6) is -1.22. The standard InChI is InChI=1S/C18H12O2/c1-11(19)20-16-10-8-14-6-5-12-3-2-4-13-7-9-15(16)18(14)17(12)13/h2-10H,1H3/i2D,3D,4D,5D,6D,7D,8D,9D,10D. The van der Waals surface area contributed by atoms with E-state index in [-0.39, 0.29) is 32.3 Å². The third-order valence-electron chi connectivity index (χ3n) is 3.02. The van der Waals surface area contributed by atoms with Crippen molar-refractivity contribution in [2.75, 3.05) is 0 Å². The van der Waals surface area contributed by atoms with Gasteiger partial charge in [0.15, 0.2) is 0 Å². The number of carbonyl (C=O) groups excluding carboxylic acids is 1. The lowest BCUT2D eigenvalue weighted by atomic mass is 9.94. The van der Waals surface area contributed by atoms with Crippen molar-refractivity contribution in [3.8, 4) is 5.75 Å². The molecule has 4 aromatic rings. The van der Waals surface area contributed by atoms with Crippen LogP contribution in [0.25, 0.3) is 32.3 Å². The van der Waals surface area contributed by atoms with Gasteiger partial charge in [0, 0.05) is 17.7 Å². The molecule has 0 bridgehead atoms. The molecular weight excluding hydrogens is 248 g/mol. The van der Waals surface area contributed by atoms with Crippen molar-refractivity contribution in [3.05, 3.63) is 54.4 Å². The molecule has 4 aromatic carbocycles. The Labute approximate surface area is 128 Å². The van der Waals surface area contributed by atoms with Crippen molar-refractivity contribution < 1.29 is 21.9 Å². The topological polar surface area (TPSA) is 26.3 Å². The van der Waals surface area contributed by atoms with Crippen LogP contribution in [-0.2, 0) is 4.79 Å². The van der Waals surface area contributed by atoms with Crippen LogP contribution in [-0.4, -0.2) is 5.97 Å². The highest BCUT2D eigenvalue weighted by molar-refractivity contribution is 6.24. The van der Waals surface area contributed by atoms with Gasteiger partial charge in [-0.1, -0.05) is 42.3 Å². The van der Waals surface area contributed by atoms with Crippen molar-refractivity contribution in [1.29, 1.82) is 0 Å². The number of benzene rings is 4. The maximum absolute atomic E-state index is 11.6. The molecule has 0 aromatic heterocycles. The van der Waals surface area contributed by atoms with Crippen LogP contribution in [0.15, 0.2) is 54.4 Å².